The minimum atomic E-state index is -0.397. The molecule has 7 nitrogen and oxygen atoms in total. The first-order valence-corrected chi connectivity index (χ1v) is 11.8. The molecule has 2 aliphatic rings. The zero-order chi connectivity index (χ0) is 23.1. The molecule has 0 bridgehead atoms. The van der Waals surface area contributed by atoms with E-state index in [1.165, 1.54) is 12.5 Å². The van der Waals surface area contributed by atoms with Crippen molar-refractivity contribution in [3.63, 3.8) is 0 Å². The fraction of sp³-hybridized carbons (Fsp3) is 0.667. The van der Waals surface area contributed by atoms with Gasteiger partial charge in [-0.05, 0) is 42.9 Å². The summed E-state index contributed by atoms with van der Waals surface area (Å²) in [5.41, 5.74) is 1.15. The molecule has 1 aromatic rings. The number of aliphatic hydroxyl groups is 1. The summed E-state index contributed by atoms with van der Waals surface area (Å²) in [4.78, 5) is 24.0. The number of hydrogen-bond acceptors (Lipinski definition) is 4. The number of piperazine rings is 1. The van der Waals surface area contributed by atoms with Crippen LogP contribution in [-0.2, 0) is 17.9 Å². The van der Waals surface area contributed by atoms with E-state index in [1.54, 1.807) is 12.1 Å². The molecule has 2 saturated heterocycles. The zero-order valence-corrected chi connectivity index (χ0v) is 22.4. The largest absolute Gasteiger partial charge is 0.392 e. The summed E-state index contributed by atoms with van der Waals surface area (Å²) in [6.45, 7) is 12.8. The van der Waals surface area contributed by atoms with Gasteiger partial charge in [-0.3, -0.25) is 9.69 Å². The number of piperidine rings is 1. The number of guanidine groups is 1. The number of hydrogen-bond donors (Lipinski definition) is 2. The Morgan fingerprint density at radius 3 is 2.42 bits per heavy atom. The number of halogens is 2. The molecule has 1 amide bonds. The molecule has 3 rings (SSSR count). The summed E-state index contributed by atoms with van der Waals surface area (Å²) in [6, 6.07) is 4.74. The van der Waals surface area contributed by atoms with Crippen molar-refractivity contribution in [1.29, 1.82) is 0 Å². The second-order valence-electron chi connectivity index (χ2n) is 9.26. The molecule has 33 heavy (non-hydrogen) atoms. The molecular weight excluding hydrogens is 536 g/mol. The number of carbonyl (C=O) groups is 1. The van der Waals surface area contributed by atoms with Crippen molar-refractivity contribution >= 4 is 35.8 Å². The maximum Gasteiger partial charge on any atom is 0.236 e. The molecule has 0 aliphatic carbocycles. The van der Waals surface area contributed by atoms with Gasteiger partial charge in [0.1, 0.15) is 5.82 Å². The fourth-order valence-corrected chi connectivity index (χ4v) is 4.72. The van der Waals surface area contributed by atoms with Crippen molar-refractivity contribution in [3.8, 4) is 0 Å². The van der Waals surface area contributed by atoms with Crippen LogP contribution in [0.15, 0.2) is 23.2 Å². The third kappa shape index (κ3) is 8.06. The zero-order valence-electron chi connectivity index (χ0n) is 20.1. The van der Waals surface area contributed by atoms with Gasteiger partial charge < -0.3 is 20.2 Å². The summed E-state index contributed by atoms with van der Waals surface area (Å²) in [5.74, 6) is 1.83. The lowest BCUT2D eigenvalue weighted by Crippen LogP contribution is -2.55. The van der Waals surface area contributed by atoms with Crippen LogP contribution in [-0.4, -0.2) is 84.0 Å². The topological polar surface area (TPSA) is 71.4 Å². The van der Waals surface area contributed by atoms with Gasteiger partial charge in [-0.25, -0.2) is 9.38 Å². The number of carbonyl (C=O) groups excluding carboxylic acids is 1. The quantitative estimate of drug-likeness (QED) is 0.310. The summed E-state index contributed by atoms with van der Waals surface area (Å²) >= 11 is 0. The van der Waals surface area contributed by atoms with E-state index in [9.17, 15) is 14.3 Å². The summed E-state index contributed by atoms with van der Waals surface area (Å²) in [7, 11) is 0. The normalized spacial score (nSPS) is 22.2. The highest BCUT2D eigenvalue weighted by molar-refractivity contribution is 14.0. The molecule has 1 aromatic carbocycles. The second-order valence-corrected chi connectivity index (χ2v) is 9.26. The van der Waals surface area contributed by atoms with Crippen LogP contribution in [0.2, 0.25) is 0 Å². The van der Waals surface area contributed by atoms with Crippen LogP contribution in [0, 0.1) is 17.7 Å². The number of rotatable bonds is 6. The lowest BCUT2D eigenvalue weighted by Gasteiger charge is -2.39. The molecule has 2 fully saturated rings. The van der Waals surface area contributed by atoms with E-state index >= 15 is 0 Å². The molecular formula is C24H39FIN5O2. The molecule has 2 atom stereocenters. The Balaban J connectivity index is 0.00000385. The molecule has 0 aromatic heterocycles. The van der Waals surface area contributed by atoms with Crippen molar-refractivity contribution in [1.82, 2.24) is 20.0 Å². The number of benzene rings is 1. The van der Waals surface area contributed by atoms with E-state index in [-0.39, 0.29) is 36.5 Å². The average Bonchev–Trinajstić information content (AvgIpc) is 2.77. The molecule has 9 heteroatoms. The predicted octanol–water partition coefficient (Wildman–Crippen LogP) is 2.52. The summed E-state index contributed by atoms with van der Waals surface area (Å²) in [6.07, 6.45) is 1.20. The number of aliphatic imine (C=N–C) groups is 1. The van der Waals surface area contributed by atoms with E-state index in [0.29, 0.717) is 30.5 Å². The molecule has 186 valence electrons. The summed E-state index contributed by atoms with van der Waals surface area (Å²) in [5, 5.41) is 12.6. The molecule has 2 unspecified atom stereocenters. The van der Waals surface area contributed by atoms with Crippen LogP contribution in [0.4, 0.5) is 4.39 Å². The van der Waals surface area contributed by atoms with E-state index in [4.69, 9.17) is 4.99 Å². The number of nitrogens with zero attached hydrogens (tertiary/aromatic N) is 4. The third-order valence-electron chi connectivity index (χ3n) is 6.28. The number of aliphatic hydroxyl groups excluding tert-OH is 1. The Morgan fingerprint density at radius 1 is 1.15 bits per heavy atom. The Kier molecular flexibility index (Phi) is 11.3. The SMILES string of the molecule is CCNC(=NCc1ccc(F)c(CO)c1)N1CCN(CC(=O)N2CC(C)CC(C)C2)CC1.I. The minimum Gasteiger partial charge on any atom is -0.392 e. The first-order valence-electron chi connectivity index (χ1n) is 11.8. The van der Waals surface area contributed by atoms with Crippen molar-refractivity contribution in [2.75, 3.05) is 52.4 Å². The second kappa shape index (κ2) is 13.4. The van der Waals surface area contributed by atoms with E-state index in [1.807, 2.05) is 11.8 Å². The molecule has 0 spiro atoms. The Hall–Kier alpha value is -1.46. The smallest absolute Gasteiger partial charge is 0.236 e. The van der Waals surface area contributed by atoms with Gasteiger partial charge in [0.25, 0.3) is 0 Å². The number of likely N-dealkylation sites (tertiary alicyclic amines) is 1. The summed E-state index contributed by atoms with van der Waals surface area (Å²) < 4.78 is 13.6. The van der Waals surface area contributed by atoms with Crippen LogP contribution in [0.1, 0.15) is 38.3 Å². The monoisotopic (exact) mass is 575 g/mol. The van der Waals surface area contributed by atoms with Crippen LogP contribution in [0.25, 0.3) is 0 Å². The van der Waals surface area contributed by atoms with E-state index < -0.39 is 5.82 Å². The minimum absolute atomic E-state index is 0. The van der Waals surface area contributed by atoms with Crippen LogP contribution < -0.4 is 5.32 Å². The fourth-order valence-electron chi connectivity index (χ4n) is 4.72. The Morgan fingerprint density at radius 2 is 1.82 bits per heavy atom. The van der Waals surface area contributed by atoms with Gasteiger partial charge >= 0.3 is 0 Å². The van der Waals surface area contributed by atoms with Gasteiger partial charge in [0.05, 0.1) is 19.7 Å². The van der Waals surface area contributed by atoms with Gasteiger partial charge in [-0.2, -0.15) is 0 Å². The maximum atomic E-state index is 13.6. The first-order chi connectivity index (χ1) is 15.4. The number of amides is 1. The van der Waals surface area contributed by atoms with Crippen molar-refractivity contribution in [3.05, 3.63) is 35.1 Å². The molecule has 0 saturated carbocycles. The molecule has 2 N–H and O–H groups in total. The number of nitrogens with one attached hydrogen (secondary N) is 1. The predicted molar refractivity (Wildman–Crippen MR) is 140 cm³/mol. The van der Waals surface area contributed by atoms with Gasteiger partial charge in [-0.15, -0.1) is 24.0 Å². The maximum absolute atomic E-state index is 13.6. The lowest BCUT2D eigenvalue weighted by molar-refractivity contribution is -0.135. The highest BCUT2D eigenvalue weighted by atomic mass is 127. The Labute approximate surface area is 214 Å². The van der Waals surface area contributed by atoms with Crippen LogP contribution in [0.3, 0.4) is 0 Å². The van der Waals surface area contributed by atoms with Crippen molar-refractivity contribution in [2.45, 2.75) is 40.3 Å². The van der Waals surface area contributed by atoms with Gasteiger partial charge in [0.2, 0.25) is 5.91 Å². The molecule has 0 radical (unpaired) electrons. The van der Waals surface area contributed by atoms with E-state index in [2.05, 4.69) is 29.0 Å². The van der Waals surface area contributed by atoms with E-state index in [0.717, 1.165) is 57.3 Å². The van der Waals surface area contributed by atoms with Gasteiger partial charge in [0.15, 0.2) is 5.96 Å². The standard InChI is InChI=1S/C24H38FN5O2.HI/c1-4-26-24(27-13-20-5-6-22(25)21(12-20)17-31)29-9-7-28(8-10-29)16-23(32)30-14-18(2)11-19(3)15-30;/h5-6,12,18-19,31H,4,7-11,13-17H2,1-3H3,(H,26,27);1H. The van der Waals surface area contributed by atoms with Crippen LogP contribution >= 0.6 is 24.0 Å². The first kappa shape index (κ1) is 27.8. The van der Waals surface area contributed by atoms with Crippen molar-refractivity contribution in [2.24, 2.45) is 16.8 Å². The van der Waals surface area contributed by atoms with Gasteiger partial charge in [0, 0.05) is 51.4 Å². The van der Waals surface area contributed by atoms with Crippen molar-refractivity contribution < 1.29 is 14.3 Å². The lowest BCUT2D eigenvalue weighted by atomic mass is 9.92. The highest BCUT2D eigenvalue weighted by Gasteiger charge is 2.28. The third-order valence-corrected chi connectivity index (χ3v) is 6.28. The van der Waals surface area contributed by atoms with Gasteiger partial charge in [-0.1, -0.05) is 19.9 Å². The highest BCUT2D eigenvalue weighted by Crippen LogP contribution is 2.21. The van der Waals surface area contributed by atoms with Crippen LogP contribution in [0.5, 0.6) is 0 Å². The Bertz CT molecular complexity index is 791. The average molecular weight is 576 g/mol. The molecule has 2 aliphatic heterocycles. The molecule has 2 heterocycles.